The normalized spacial score (nSPS) is 15.9. The Kier molecular flexibility index (Phi) is 6.08. The predicted octanol–water partition coefficient (Wildman–Crippen LogP) is 6.44. The standard InChI is InChI=1S/C26H20F2N4O2S/c1-15-22(25-30-24(31-34-25)16-6-8-18(27)9-7-16)23(17-4-3-5-19(28)14-17)29-26(33)32(15)20-10-12-21(35-2)13-11-20/h3-14,23H,1-2H3,(H,29,33). The molecule has 1 aromatic heterocycles. The monoisotopic (exact) mass is 490 g/mol. The number of halogens is 2. The Bertz CT molecular complexity index is 1420. The molecule has 0 saturated heterocycles. The van der Waals surface area contributed by atoms with Gasteiger partial charge in [-0.2, -0.15) is 4.98 Å². The molecule has 1 atom stereocenters. The Hall–Kier alpha value is -3.98. The summed E-state index contributed by atoms with van der Waals surface area (Å²) in [6.07, 6.45) is 1.98. The molecule has 1 unspecified atom stereocenters. The predicted molar refractivity (Wildman–Crippen MR) is 131 cm³/mol. The molecule has 2 amide bonds. The van der Waals surface area contributed by atoms with E-state index in [-0.39, 0.29) is 23.6 Å². The molecule has 0 aliphatic carbocycles. The van der Waals surface area contributed by atoms with Gasteiger partial charge < -0.3 is 9.84 Å². The number of anilines is 1. The average molecular weight is 491 g/mol. The zero-order chi connectivity index (χ0) is 24.5. The number of allylic oxidation sites excluding steroid dienone is 1. The van der Waals surface area contributed by atoms with Crippen LogP contribution in [0, 0.1) is 11.6 Å². The minimum absolute atomic E-state index is 0.168. The molecule has 0 radical (unpaired) electrons. The van der Waals surface area contributed by atoms with Gasteiger partial charge in [0.1, 0.15) is 11.6 Å². The lowest BCUT2D eigenvalue weighted by Crippen LogP contribution is -2.46. The first kappa shape index (κ1) is 22.8. The van der Waals surface area contributed by atoms with Crippen LogP contribution in [0.25, 0.3) is 17.0 Å². The Labute approximate surface area is 204 Å². The first-order valence-corrected chi connectivity index (χ1v) is 12.0. The molecule has 0 fully saturated rings. The number of carbonyl (C=O) groups excluding carboxylic acids is 1. The molecule has 35 heavy (non-hydrogen) atoms. The van der Waals surface area contributed by atoms with Gasteiger partial charge in [-0.05, 0) is 79.4 Å². The van der Waals surface area contributed by atoms with Crippen molar-refractivity contribution in [2.75, 3.05) is 11.2 Å². The molecule has 0 spiro atoms. The summed E-state index contributed by atoms with van der Waals surface area (Å²) in [5.41, 5.74) is 2.86. The van der Waals surface area contributed by atoms with Crippen LogP contribution in [0.3, 0.4) is 0 Å². The van der Waals surface area contributed by atoms with Gasteiger partial charge in [0, 0.05) is 16.2 Å². The highest BCUT2D eigenvalue weighted by Crippen LogP contribution is 2.39. The smallest absolute Gasteiger partial charge is 0.326 e. The molecule has 9 heteroatoms. The van der Waals surface area contributed by atoms with E-state index in [0.717, 1.165) is 4.90 Å². The second-order valence-electron chi connectivity index (χ2n) is 7.90. The maximum atomic E-state index is 14.1. The van der Waals surface area contributed by atoms with Gasteiger partial charge in [0.15, 0.2) is 0 Å². The van der Waals surface area contributed by atoms with Crippen LogP contribution in [0.1, 0.15) is 24.4 Å². The number of nitrogens with one attached hydrogen (secondary N) is 1. The van der Waals surface area contributed by atoms with Crippen LogP contribution in [-0.2, 0) is 0 Å². The van der Waals surface area contributed by atoms with Crippen LogP contribution in [0.15, 0.2) is 87.9 Å². The summed E-state index contributed by atoms with van der Waals surface area (Å²) in [6.45, 7) is 1.78. The minimum atomic E-state index is -0.721. The van der Waals surface area contributed by atoms with Crippen LogP contribution in [0.2, 0.25) is 0 Å². The van der Waals surface area contributed by atoms with Crippen LogP contribution >= 0.6 is 11.8 Å². The molecule has 2 heterocycles. The lowest BCUT2D eigenvalue weighted by Gasteiger charge is -2.35. The van der Waals surface area contributed by atoms with Gasteiger partial charge >= 0.3 is 6.03 Å². The fourth-order valence-corrected chi connectivity index (χ4v) is 4.46. The van der Waals surface area contributed by atoms with E-state index >= 15 is 0 Å². The molecular formula is C26H20F2N4O2S. The molecule has 4 aromatic rings. The third-order valence-electron chi connectivity index (χ3n) is 5.76. The zero-order valence-electron chi connectivity index (χ0n) is 18.8. The first-order valence-electron chi connectivity index (χ1n) is 10.8. The minimum Gasteiger partial charge on any atom is -0.334 e. The first-order chi connectivity index (χ1) is 16.9. The van der Waals surface area contributed by atoms with E-state index in [4.69, 9.17) is 4.52 Å². The fourth-order valence-electron chi connectivity index (χ4n) is 4.05. The SMILES string of the molecule is CSc1ccc(N2C(=O)NC(c3cccc(F)c3)C(c3nc(-c4ccc(F)cc4)no3)=C2C)cc1. The third-order valence-corrected chi connectivity index (χ3v) is 6.50. The van der Waals surface area contributed by atoms with Crippen molar-refractivity contribution in [3.05, 3.63) is 102 Å². The van der Waals surface area contributed by atoms with Crippen LogP contribution in [0.4, 0.5) is 19.3 Å². The van der Waals surface area contributed by atoms with E-state index in [1.807, 2.05) is 30.5 Å². The van der Waals surface area contributed by atoms with Crippen molar-refractivity contribution in [1.82, 2.24) is 15.5 Å². The lowest BCUT2D eigenvalue weighted by atomic mass is 9.94. The van der Waals surface area contributed by atoms with E-state index in [2.05, 4.69) is 15.5 Å². The van der Waals surface area contributed by atoms with Gasteiger partial charge in [-0.3, -0.25) is 4.90 Å². The number of carbonyl (C=O) groups is 1. The van der Waals surface area contributed by atoms with E-state index < -0.39 is 11.9 Å². The highest BCUT2D eigenvalue weighted by Gasteiger charge is 2.36. The van der Waals surface area contributed by atoms with E-state index in [1.165, 1.54) is 29.2 Å². The summed E-state index contributed by atoms with van der Waals surface area (Å²) in [7, 11) is 0. The van der Waals surface area contributed by atoms with Gasteiger partial charge in [-0.25, -0.2) is 13.6 Å². The summed E-state index contributed by atoms with van der Waals surface area (Å²) < 4.78 is 33.1. The number of thioether (sulfide) groups is 1. The summed E-state index contributed by atoms with van der Waals surface area (Å²) in [4.78, 5) is 20.4. The second kappa shape index (κ2) is 9.34. The molecule has 5 rings (SSSR count). The molecule has 3 aromatic carbocycles. The van der Waals surface area contributed by atoms with Crippen molar-refractivity contribution in [2.45, 2.75) is 17.9 Å². The van der Waals surface area contributed by atoms with Gasteiger partial charge in [0.2, 0.25) is 5.82 Å². The molecule has 1 aliphatic heterocycles. The molecule has 1 N–H and O–H groups in total. The largest absolute Gasteiger partial charge is 0.334 e. The Morgan fingerprint density at radius 2 is 1.74 bits per heavy atom. The van der Waals surface area contributed by atoms with Crippen molar-refractivity contribution in [3.63, 3.8) is 0 Å². The van der Waals surface area contributed by atoms with Crippen molar-refractivity contribution in [2.24, 2.45) is 0 Å². The number of rotatable bonds is 5. The molecule has 0 bridgehead atoms. The lowest BCUT2D eigenvalue weighted by molar-refractivity contribution is 0.244. The van der Waals surface area contributed by atoms with Gasteiger partial charge in [0.05, 0.1) is 17.3 Å². The second-order valence-corrected chi connectivity index (χ2v) is 8.78. The zero-order valence-corrected chi connectivity index (χ0v) is 19.6. The van der Waals surface area contributed by atoms with Crippen LogP contribution < -0.4 is 10.2 Å². The highest BCUT2D eigenvalue weighted by atomic mass is 32.2. The highest BCUT2D eigenvalue weighted by molar-refractivity contribution is 7.98. The summed E-state index contributed by atoms with van der Waals surface area (Å²) in [5, 5.41) is 7.01. The summed E-state index contributed by atoms with van der Waals surface area (Å²) in [6, 6.07) is 18.2. The average Bonchev–Trinajstić information content (AvgIpc) is 3.34. The van der Waals surface area contributed by atoms with Gasteiger partial charge in [-0.15, -0.1) is 11.8 Å². The maximum Gasteiger partial charge on any atom is 0.326 e. The number of urea groups is 1. The Balaban J connectivity index is 1.64. The van der Waals surface area contributed by atoms with E-state index in [9.17, 15) is 13.6 Å². The topological polar surface area (TPSA) is 71.3 Å². The summed E-state index contributed by atoms with van der Waals surface area (Å²) >= 11 is 1.60. The molecule has 1 aliphatic rings. The van der Waals surface area contributed by atoms with Gasteiger partial charge in [0.25, 0.3) is 5.89 Å². The quantitative estimate of drug-likeness (QED) is 0.326. The number of hydrogen-bond donors (Lipinski definition) is 1. The fraction of sp³-hybridized carbons (Fsp3) is 0.115. The number of hydrogen-bond acceptors (Lipinski definition) is 5. The van der Waals surface area contributed by atoms with Crippen molar-refractivity contribution in [3.8, 4) is 11.4 Å². The molecular weight excluding hydrogens is 470 g/mol. The Morgan fingerprint density at radius 1 is 1.00 bits per heavy atom. The number of benzene rings is 3. The number of nitrogens with zero attached hydrogens (tertiary/aromatic N) is 3. The van der Waals surface area contributed by atoms with Crippen LogP contribution in [-0.4, -0.2) is 22.4 Å². The molecule has 6 nitrogen and oxygen atoms in total. The number of aromatic nitrogens is 2. The maximum absolute atomic E-state index is 14.1. The van der Waals surface area contributed by atoms with Crippen molar-refractivity contribution < 1.29 is 18.1 Å². The Morgan fingerprint density at radius 3 is 2.43 bits per heavy atom. The molecule has 0 saturated carbocycles. The van der Waals surface area contributed by atoms with E-state index in [0.29, 0.717) is 28.1 Å². The van der Waals surface area contributed by atoms with Crippen LogP contribution in [0.5, 0.6) is 0 Å². The summed E-state index contributed by atoms with van der Waals surface area (Å²) in [5.74, 6) is -0.366. The molecule has 176 valence electrons. The third kappa shape index (κ3) is 4.42. The number of amides is 2. The van der Waals surface area contributed by atoms with E-state index in [1.54, 1.807) is 43.0 Å². The van der Waals surface area contributed by atoms with Crippen molar-refractivity contribution >= 4 is 29.1 Å². The van der Waals surface area contributed by atoms with Crippen molar-refractivity contribution in [1.29, 1.82) is 0 Å². The van der Waals surface area contributed by atoms with Gasteiger partial charge in [-0.1, -0.05) is 17.3 Å².